The zero-order valence-electron chi connectivity index (χ0n) is 21.3. The summed E-state index contributed by atoms with van der Waals surface area (Å²) < 4.78 is 67.6. The van der Waals surface area contributed by atoms with Crippen LogP contribution in [0.15, 0.2) is 83.8 Å². The summed E-state index contributed by atoms with van der Waals surface area (Å²) in [6, 6.07) is 18.7. The Bertz CT molecular complexity index is 1400. The van der Waals surface area contributed by atoms with E-state index in [1.54, 1.807) is 19.1 Å². The average molecular weight is 581 g/mol. The fourth-order valence-electron chi connectivity index (χ4n) is 3.84. The van der Waals surface area contributed by atoms with Gasteiger partial charge in [-0.25, -0.2) is 8.42 Å². The van der Waals surface area contributed by atoms with Gasteiger partial charge in [0.1, 0.15) is 6.04 Å². The largest absolute Gasteiger partial charge is 0.399 e. The van der Waals surface area contributed by atoms with Crippen LogP contribution in [-0.4, -0.2) is 36.7 Å². The molecule has 3 aromatic rings. The predicted octanol–water partition coefficient (Wildman–Crippen LogP) is 4.25. The lowest BCUT2D eigenvalue weighted by Crippen LogP contribution is -2.48. The summed E-state index contributed by atoms with van der Waals surface area (Å²) >= 11 is 0. The van der Waals surface area contributed by atoms with Crippen LogP contribution in [0.2, 0.25) is 0 Å². The number of rotatable bonds is 13. The number of sulfonamides is 1. The molecule has 3 rings (SSSR count). The van der Waals surface area contributed by atoms with Gasteiger partial charge in [0.2, 0.25) is 15.9 Å². The van der Waals surface area contributed by atoms with Gasteiger partial charge in [0.25, 0.3) is 0 Å². The smallest absolute Gasteiger partial charge is 0.355 e. The SMILES string of the molecule is Cc1ccc(S(=O)(=O)NC(Cc2ccc(C(F)(F)P(=O)(O)O)cc2)C(=O)NCCCCc2ccccc2)cc1. The van der Waals surface area contributed by atoms with E-state index >= 15 is 0 Å². The first-order chi connectivity index (χ1) is 18.3. The molecule has 0 aromatic heterocycles. The van der Waals surface area contributed by atoms with Gasteiger partial charge in [-0.15, -0.1) is 0 Å². The van der Waals surface area contributed by atoms with Crippen molar-refractivity contribution in [1.29, 1.82) is 0 Å². The van der Waals surface area contributed by atoms with Crippen molar-refractivity contribution in [3.05, 3.63) is 101 Å². The zero-order chi connectivity index (χ0) is 28.7. The van der Waals surface area contributed by atoms with E-state index < -0.39 is 40.8 Å². The molecule has 0 spiro atoms. The number of hydrogen-bond acceptors (Lipinski definition) is 4. The molecule has 0 fully saturated rings. The van der Waals surface area contributed by atoms with Crippen molar-refractivity contribution in [2.45, 2.75) is 49.2 Å². The Labute approximate surface area is 226 Å². The maximum atomic E-state index is 14.0. The summed E-state index contributed by atoms with van der Waals surface area (Å²) in [4.78, 5) is 30.9. The Kier molecular flexibility index (Phi) is 10.1. The van der Waals surface area contributed by atoms with Crippen molar-refractivity contribution < 1.29 is 36.3 Å². The molecule has 39 heavy (non-hydrogen) atoms. The van der Waals surface area contributed by atoms with Gasteiger partial charge in [0.05, 0.1) is 4.90 Å². The fourth-order valence-corrected chi connectivity index (χ4v) is 5.52. The molecule has 0 aliphatic heterocycles. The molecular weight excluding hydrogens is 549 g/mol. The van der Waals surface area contributed by atoms with Crippen LogP contribution in [0.4, 0.5) is 8.78 Å². The van der Waals surface area contributed by atoms with Crippen LogP contribution < -0.4 is 10.0 Å². The van der Waals surface area contributed by atoms with E-state index in [0.717, 1.165) is 30.5 Å². The normalized spacial score (nSPS) is 13.2. The molecule has 12 heteroatoms. The number of benzene rings is 3. The van der Waals surface area contributed by atoms with Crippen LogP contribution in [0, 0.1) is 6.92 Å². The molecule has 0 heterocycles. The first-order valence-electron chi connectivity index (χ1n) is 12.2. The summed E-state index contributed by atoms with van der Waals surface area (Å²) in [6.07, 6.45) is 2.11. The van der Waals surface area contributed by atoms with Gasteiger partial charge in [-0.05, 0) is 55.9 Å². The van der Waals surface area contributed by atoms with Crippen LogP contribution in [0.3, 0.4) is 0 Å². The molecule has 0 saturated carbocycles. The monoisotopic (exact) mass is 580 g/mol. The van der Waals surface area contributed by atoms with E-state index in [1.165, 1.54) is 29.8 Å². The summed E-state index contributed by atoms with van der Waals surface area (Å²) in [5.74, 6) is -0.588. The molecule has 3 aromatic carbocycles. The van der Waals surface area contributed by atoms with Gasteiger partial charge in [-0.2, -0.15) is 13.5 Å². The lowest BCUT2D eigenvalue weighted by Gasteiger charge is -2.20. The molecule has 210 valence electrons. The van der Waals surface area contributed by atoms with Crippen molar-refractivity contribution in [3.63, 3.8) is 0 Å². The number of nitrogens with one attached hydrogen (secondary N) is 2. The van der Waals surface area contributed by atoms with E-state index in [2.05, 4.69) is 10.0 Å². The van der Waals surface area contributed by atoms with E-state index in [-0.39, 0.29) is 11.3 Å². The second-order valence-corrected chi connectivity index (χ2v) is 12.6. The third-order valence-electron chi connectivity index (χ3n) is 6.09. The van der Waals surface area contributed by atoms with E-state index in [4.69, 9.17) is 9.79 Å². The quantitative estimate of drug-likeness (QED) is 0.177. The minimum atomic E-state index is -5.74. The van der Waals surface area contributed by atoms with Gasteiger partial charge in [0, 0.05) is 12.1 Å². The molecule has 1 atom stereocenters. The lowest BCUT2D eigenvalue weighted by atomic mass is 10.0. The topological polar surface area (TPSA) is 133 Å². The van der Waals surface area contributed by atoms with Crippen molar-refractivity contribution >= 4 is 23.5 Å². The van der Waals surface area contributed by atoms with E-state index in [1.807, 2.05) is 30.3 Å². The number of amides is 1. The maximum absolute atomic E-state index is 14.0. The molecular formula is C27H31F2N2O6PS. The number of unbranched alkanes of at least 4 members (excludes halogenated alkanes) is 1. The summed E-state index contributed by atoms with van der Waals surface area (Å²) in [5.41, 5.74) is -2.93. The van der Waals surface area contributed by atoms with Gasteiger partial charge < -0.3 is 15.1 Å². The molecule has 8 nitrogen and oxygen atoms in total. The molecule has 0 bridgehead atoms. The molecule has 0 saturated heterocycles. The standard InChI is InChI=1S/C27H31F2N2O6PS/c1-20-10-16-24(17-11-20)39(36,37)31-25(26(32)30-18-6-5-9-21-7-3-2-4-8-21)19-22-12-14-23(15-13-22)27(28,29)38(33,34)35/h2-4,7-8,10-17,25,31H,5-6,9,18-19H2,1H3,(H,30,32)(H2,33,34,35). The Morgan fingerprint density at radius 3 is 2.13 bits per heavy atom. The number of hydrogen-bond donors (Lipinski definition) is 4. The Morgan fingerprint density at radius 2 is 1.54 bits per heavy atom. The third kappa shape index (κ3) is 8.52. The van der Waals surface area contributed by atoms with E-state index in [9.17, 15) is 26.6 Å². The Hall–Kier alpha value is -2.95. The number of carbonyl (C=O) groups excluding carboxylic acids is 1. The minimum absolute atomic E-state index is 0.0367. The number of carbonyl (C=O) groups is 1. The van der Waals surface area contributed by atoms with Gasteiger partial charge in [-0.1, -0.05) is 72.3 Å². The van der Waals surface area contributed by atoms with Crippen LogP contribution in [0.25, 0.3) is 0 Å². The first-order valence-corrected chi connectivity index (χ1v) is 15.3. The highest BCUT2D eigenvalue weighted by Gasteiger charge is 2.50. The minimum Gasteiger partial charge on any atom is -0.355 e. The first kappa shape index (κ1) is 30.6. The fraction of sp³-hybridized carbons (Fsp3) is 0.296. The lowest BCUT2D eigenvalue weighted by molar-refractivity contribution is -0.122. The second kappa shape index (κ2) is 12.9. The maximum Gasteiger partial charge on any atom is 0.399 e. The van der Waals surface area contributed by atoms with Gasteiger partial charge in [0.15, 0.2) is 0 Å². The van der Waals surface area contributed by atoms with Gasteiger partial charge >= 0.3 is 13.3 Å². The zero-order valence-corrected chi connectivity index (χ0v) is 23.0. The van der Waals surface area contributed by atoms with Crippen molar-refractivity contribution in [3.8, 4) is 0 Å². The Balaban J connectivity index is 1.72. The summed E-state index contributed by atoms with van der Waals surface area (Å²) in [7, 11) is -9.84. The Morgan fingerprint density at radius 1 is 0.923 bits per heavy atom. The highest BCUT2D eigenvalue weighted by Crippen LogP contribution is 2.59. The molecule has 0 aliphatic rings. The average Bonchev–Trinajstić information content (AvgIpc) is 2.88. The molecule has 1 amide bonds. The van der Waals surface area contributed by atoms with Crippen LogP contribution in [-0.2, 0) is 37.9 Å². The molecule has 4 N–H and O–H groups in total. The van der Waals surface area contributed by atoms with E-state index in [0.29, 0.717) is 18.5 Å². The second-order valence-electron chi connectivity index (χ2n) is 9.21. The highest BCUT2D eigenvalue weighted by atomic mass is 32.2. The molecule has 0 radical (unpaired) electrons. The third-order valence-corrected chi connectivity index (χ3v) is 8.56. The molecule has 1 unspecified atom stereocenters. The van der Waals surface area contributed by atoms with Gasteiger partial charge in [-0.3, -0.25) is 9.36 Å². The highest BCUT2D eigenvalue weighted by molar-refractivity contribution is 7.89. The number of alkyl halides is 2. The molecule has 0 aliphatic carbocycles. The van der Waals surface area contributed by atoms with Crippen LogP contribution in [0.5, 0.6) is 0 Å². The summed E-state index contributed by atoms with van der Waals surface area (Å²) in [6.45, 7) is 2.11. The number of aryl methyl sites for hydroxylation is 2. The van der Waals surface area contributed by atoms with Crippen molar-refractivity contribution in [1.82, 2.24) is 10.0 Å². The van der Waals surface area contributed by atoms with Crippen molar-refractivity contribution in [2.75, 3.05) is 6.54 Å². The van der Waals surface area contributed by atoms with Crippen LogP contribution in [0.1, 0.15) is 35.1 Å². The number of halogens is 2. The van der Waals surface area contributed by atoms with Crippen LogP contribution >= 0.6 is 7.60 Å². The van der Waals surface area contributed by atoms with Crippen molar-refractivity contribution in [2.24, 2.45) is 0 Å². The summed E-state index contributed by atoms with van der Waals surface area (Å²) in [5, 5.41) is 2.74. The predicted molar refractivity (Wildman–Crippen MR) is 144 cm³/mol.